The summed E-state index contributed by atoms with van der Waals surface area (Å²) in [6.45, 7) is 23.9. The molecule has 3 N–H and O–H groups in total. The van der Waals surface area contributed by atoms with E-state index in [4.69, 9.17) is 19.9 Å². The van der Waals surface area contributed by atoms with Crippen molar-refractivity contribution in [2.24, 2.45) is 56.0 Å². The fraction of sp³-hybridized carbons (Fsp3) is 0.974. The van der Waals surface area contributed by atoms with E-state index in [9.17, 15) is 9.90 Å². The second-order valence-corrected chi connectivity index (χ2v) is 20.2. The summed E-state index contributed by atoms with van der Waals surface area (Å²) in [5.74, 6) is 1.84. The lowest BCUT2D eigenvalue weighted by Gasteiger charge is -2.65. The topological polar surface area (TPSA) is 94.3 Å². The molecule has 7 nitrogen and oxygen atoms in total. The second-order valence-electron chi connectivity index (χ2n) is 20.2. The number of morpholine rings is 1. The van der Waals surface area contributed by atoms with Crippen LogP contribution in [0.3, 0.4) is 0 Å². The summed E-state index contributed by atoms with van der Waals surface area (Å²) in [5.41, 5.74) is 7.42. The van der Waals surface area contributed by atoms with Gasteiger partial charge in [-0.1, -0.05) is 55.4 Å². The van der Waals surface area contributed by atoms with Crippen LogP contribution in [0.2, 0.25) is 0 Å². The number of rotatable bonds is 4. The zero-order valence-electron chi connectivity index (χ0n) is 30.8. The smallest absolute Gasteiger partial charge is 0.228 e. The van der Waals surface area contributed by atoms with Crippen molar-refractivity contribution in [3.63, 3.8) is 0 Å². The Hall–Kier alpha value is -0.730. The van der Waals surface area contributed by atoms with Gasteiger partial charge in [-0.15, -0.1) is 0 Å². The van der Waals surface area contributed by atoms with E-state index in [1.807, 2.05) is 39.5 Å². The molecule has 262 valence electrons. The number of aliphatic hydroxyl groups is 1. The number of nitrogens with two attached hydrogens (primary N) is 1. The molecule has 1 amide bonds. The molecule has 0 aromatic rings. The third kappa shape index (κ3) is 4.42. The Morgan fingerprint density at radius 1 is 1.00 bits per heavy atom. The van der Waals surface area contributed by atoms with Gasteiger partial charge in [0.15, 0.2) is 6.29 Å². The maximum atomic E-state index is 13.1. The highest BCUT2D eigenvalue weighted by Crippen LogP contribution is 2.88. The predicted octanol–water partition coefficient (Wildman–Crippen LogP) is 6.69. The largest absolute Gasteiger partial charge is 0.390 e. The van der Waals surface area contributed by atoms with Crippen LogP contribution in [0.25, 0.3) is 0 Å². The molecule has 0 aromatic carbocycles. The van der Waals surface area contributed by atoms with E-state index >= 15 is 0 Å². The first-order valence-electron chi connectivity index (χ1n) is 18.9. The van der Waals surface area contributed by atoms with Gasteiger partial charge in [-0.05, 0) is 111 Å². The maximum Gasteiger partial charge on any atom is 0.228 e. The average molecular weight is 643 g/mol. The number of hydrogen-bond acceptors (Lipinski definition) is 6. The summed E-state index contributed by atoms with van der Waals surface area (Å²) in [5, 5.41) is 10.7. The highest BCUT2D eigenvalue weighted by molar-refractivity contribution is 5.81. The number of carbonyl (C=O) groups excluding carboxylic acids is 1. The molecule has 5 aliphatic carbocycles. The van der Waals surface area contributed by atoms with Crippen LogP contribution in [-0.4, -0.2) is 71.4 Å². The van der Waals surface area contributed by atoms with Crippen molar-refractivity contribution in [2.75, 3.05) is 19.7 Å². The molecule has 7 fully saturated rings. The third-order valence-corrected chi connectivity index (χ3v) is 16.3. The van der Waals surface area contributed by atoms with Gasteiger partial charge in [-0.3, -0.25) is 4.79 Å². The molecule has 12 unspecified atom stereocenters. The molecule has 7 rings (SSSR count). The molecule has 2 heterocycles. The fourth-order valence-corrected chi connectivity index (χ4v) is 13.7. The zero-order chi connectivity index (χ0) is 33.5. The Bertz CT molecular complexity index is 1240. The minimum atomic E-state index is -0.724. The number of ether oxygens (including phenoxy) is 3. The van der Waals surface area contributed by atoms with E-state index in [2.05, 4.69) is 34.6 Å². The summed E-state index contributed by atoms with van der Waals surface area (Å²) in [6, 6.07) is 0. The van der Waals surface area contributed by atoms with Crippen molar-refractivity contribution in [2.45, 2.75) is 169 Å². The minimum absolute atomic E-state index is 0.0342. The molecule has 2 spiro atoms. The van der Waals surface area contributed by atoms with Gasteiger partial charge in [-0.2, -0.15) is 0 Å². The third-order valence-electron chi connectivity index (χ3n) is 16.3. The molecule has 5 saturated carbocycles. The van der Waals surface area contributed by atoms with Crippen molar-refractivity contribution in [3.05, 3.63) is 0 Å². The Morgan fingerprint density at radius 3 is 2.35 bits per heavy atom. The van der Waals surface area contributed by atoms with Crippen LogP contribution < -0.4 is 5.73 Å². The lowest BCUT2D eigenvalue weighted by molar-refractivity contribution is -0.246. The summed E-state index contributed by atoms with van der Waals surface area (Å²) in [7, 11) is 0. The van der Waals surface area contributed by atoms with E-state index in [0.29, 0.717) is 54.7 Å². The van der Waals surface area contributed by atoms with Gasteiger partial charge < -0.3 is 30.0 Å². The van der Waals surface area contributed by atoms with Crippen LogP contribution in [0.1, 0.15) is 133 Å². The number of amides is 1. The second kappa shape index (κ2) is 10.2. The Labute approximate surface area is 279 Å². The first-order chi connectivity index (χ1) is 21.1. The normalized spacial score (nSPS) is 51.3. The molecular weight excluding hydrogens is 576 g/mol. The van der Waals surface area contributed by atoms with Gasteiger partial charge >= 0.3 is 0 Å². The van der Waals surface area contributed by atoms with Crippen molar-refractivity contribution in [1.82, 2.24) is 4.90 Å². The van der Waals surface area contributed by atoms with Gasteiger partial charge in [0.2, 0.25) is 5.91 Å². The van der Waals surface area contributed by atoms with Crippen LogP contribution in [0.4, 0.5) is 0 Å². The standard InChI is InChI=1S/C39H66N2O5/c1-24-19-25(20-33(5,6)43)45-29-21-39(40)27-12-11-26-34(7,8)28(46-30-22-41(17-18-44-30)31(42)32(2,3)4)13-14-37(26)23-38(27,37)16-15-35(39,9)36(24,29)10/h24-30,43H,11-23,40H2,1-10H3. The number of carbonyl (C=O) groups is 1. The van der Waals surface area contributed by atoms with Crippen LogP contribution in [0.5, 0.6) is 0 Å². The fourth-order valence-electron chi connectivity index (χ4n) is 13.7. The van der Waals surface area contributed by atoms with Gasteiger partial charge in [0.1, 0.15) is 0 Å². The highest BCUT2D eigenvalue weighted by Gasteiger charge is 2.85. The Balaban J connectivity index is 1.10. The van der Waals surface area contributed by atoms with E-state index in [0.717, 1.165) is 19.3 Å². The highest BCUT2D eigenvalue weighted by atomic mass is 16.7. The maximum absolute atomic E-state index is 13.1. The lowest BCUT2D eigenvalue weighted by Crippen LogP contribution is -2.68. The van der Waals surface area contributed by atoms with E-state index < -0.39 is 11.0 Å². The van der Waals surface area contributed by atoms with Gasteiger partial charge in [0.05, 0.1) is 37.1 Å². The van der Waals surface area contributed by atoms with Crippen LogP contribution >= 0.6 is 0 Å². The van der Waals surface area contributed by atoms with Crippen molar-refractivity contribution >= 4 is 5.91 Å². The summed E-state index contributed by atoms with van der Waals surface area (Å²) in [4.78, 5) is 15.0. The molecule has 7 heteroatoms. The summed E-state index contributed by atoms with van der Waals surface area (Å²) in [6.07, 6.45) is 11.2. The Morgan fingerprint density at radius 2 is 1.67 bits per heavy atom. The number of nitrogens with zero attached hydrogens (tertiary/aromatic N) is 1. The zero-order valence-corrected chi connectivity index (χ0v) is 30.8. The minimum Gasteiger partial charge on any atom is -0.390 e. The molecular formula is C39H66N2O5. The molecule has 46 heavy (non-hydrogen) atoms. The van der Waals surface area contributed by atoms with Gasteiger partial charge in [-0.25, -0.2) is 0 Å². The van der Waals surface area contributed by atoms with E-state index in [1.54, 1.807) is 0 Å². The molecule has 2 aliphatic heterocycles. The van der Waals surface area contributed by atoms with Crippen molar-refractivity contribution in [3.8, 4) is 0 Å². The van der Waals surface area contributed by atoms with Crippen LogP contribution in [0.15, 0.2) is 0 Å². The molecule has 0 radical (unpaired) electrons. The lowest BCUT2D eigenvalue weighted by atomic mass is 9.42. The number of fused-ring (bicyclic) bond motifs is 4. The van der Waals surface area contributed by atoms with E-state index in [1.165, 1.54) is 38.5 Å². The Kier molecular flexibility index (Phi) is 7.46. The molecule has 0 bridgehead atoms. The van der Waals surface area contributed by atoms with Gasteiger partial charge in [0.25, 0.3) is 0 Å². The first-order valence-corrected chi connectivity index (χ1v) is 18.9. The molecule has 2 saturated heterocycles. The van der Waals surface area contributed by atoms with Crippen LogP contribution in [0, 0.1) is 50.2 Å². The molecule has 7 aliphatic rings. The molecule has 12 atom stereocenters. The number of hydrogen-bond donors (Lipinski definition) is 2. The van der Waals surface area contributed by atoms with Crippen LogP contribution in [-0.2, 0) is 19.0 Å². The van der Waals surface area contributed by atoms with Crippen molar-refractivity contribution < 1.29 is 24.1 Å². The van der Waals surface area contributed by atoms with Gasteiger partial charge in [0, 0.05) is 29.3 Å². The average Bonchev–Trinajstić information content (AvgIpc) is 3.57. The predicted molar refractivity (Wildman–Crippen MR) is 180 cm³/mol. The SMILES string of the molecule is CC1CC(CC(C)(C)O)OC2CC3(N)C4CCC5C(C)(C)C(OC6CN(C(=O)C(C)(C)C)CCO6)CCC56CC46CCC3(C)C12C. The summed E-state index contributed by atoms with van der Waals surface area (Å²) >= 11 is 0. The summed E-state index contributed by atoms with van der Waals surface area (Å²) < 4.78 is 20.0. The monoisotopic (exact) mass is 642 g/mol. The quantitative estimate of drug-likeness (QED) is 0.355. The van der Waals surface area contributed by atoms with Crippen molar-refractivity contribution in [1.29, 1.82) is 0 Å². The van der Waals surface area contributed by atoms with E-state index in [-0.39, 0.29) is 52.3 Å². The molecule has 0 aromatic heterocycles. The first kappa shape index (κ1) is 33.8.